The first-order valence-electron chi connectivity index (χ1n) is 7.68. The van der Waals surface area contributed by atoms with E-state index >= 15 is 0 Å². The lowest BCUT2D eigenvalue weighted by atomic mass is 10.2. The summed E-state index contributed by atoms with van der Waals surface area (Å²) in [6.07, 6.45) is 7.73. The van der Waals surface area contributed by atoms with Gasteiger partial charge in [-0.05, 0) is 37.0 Å². The lowest BCUT2D eigenvalue weighted by Crippen LogP contribution is -2.04. The molecule has 24 heavy (non-hydrogen) atoms. The van der Waals surface area contributed by atoms with E-state index in [1.807, 2.05) is 6.08 Å². The molecule has 1 saturated carbocycles. The molecule has 0 atom stereocenters. The summed E-state index contributed by atoms with van der Waals surface area (Å²) in [6, 6.07) is 8.21. The minimum atomic E-state index is -3.76. The standard InChI is InChI=1S/C17H16N4O2S/c18-17-16(24(22,23)12-4-2-1-3-5-12)15-14(21-17)13(19-10-20-15)9-8-11-6-7-11/h1-5,8-11,21H,6-7,18H2/b9-8+. The normalized spacial score (nSPS) is 15.3. The maximum Gasteiger partial charge on any atom is 0.212 e. The number of rotatable bonds is 4. The molecule has 2 aromatic heterocycles. The summed E-state index contributed by atoms with van der Waals surface area (Å²) in [5.41, 5.74) is 7.50. The summed E-state index contributed by atoms with van der Waals surface area (Å²) in [4.78, 5) is 11.5. The Morgan fingerprint density at radius 3 is 2.62 bits per heavy atom. The molecule has 0 spiro atoms. The molecule has 0 aliphatic heterocycles. The van der Waals surface area contributed by atoms with Crippen LogP contribution in [0.4, 0.5) is 5.82 Å². The molecule has 1 fully saturated rings. The van der Waals surface area contributed by atoms with Gasteiger partial charge in [0.15, 0.2) is 0 Å². The first kappa shape index (κ1) is 14.9. The van der Waals surface area contributed by atoms with Crippen LogP contribution in [0.5, 0.6) is 0 Å². The van der Waals surface area contributed by atoms with Crippen molar-refractivity contribution in [1.29, 1.82) is 0 Å². The number of nitrogens with one attached hydrogen (secondary N) is 1. The first-order chi connectivity index (χ1) is 11.6. The molecule has 0 saturated heterocycles. The highest BCUT2D eigenvalue weighted by Crippen LogP contribution is 2.34. The van der Waals surface area contributed by atoms with E-state index in [1.165, 1.54) is 19.2 Å². The molecule has 122 valence electrons. The van der Waals surface area contributed by atoms with Gasteiger partial charge in [0, 0.05) is 0 Å². The molecule has 1 aliphatic carbocycles. The number of benzene rings is 1. The van der Waals surface area contributed by atoms with Crippen LogP contribution in [0.15, 0.2) is 52.5 Å². The number of sulfone groups is 1. The Hall–Kier alpha value is -2.67. The van der Waals surface area contributed by atoms with E-state index in [2.05, 4.69) is 21.0 Å². The van der Waals surface area contributed by atoms with Gasteiger partial charge in [0.05, 0.1) is 16.1 Å². The van der Waals surface area contributed by atoms with Crippen LogP contribution in [0.2, 0.25) is 0 Å². The van der Waals surface area contributed by atoms with Gasteiger partial charge in [0.1, 0.15) is 22.6 Å². The zero-order chi connectivity index (χ0) is 16.7. The average molecular weight is 340 g/mol. The molecule has 3 aromatic rings. The van der Waals surface area contributed by atoms with Gasteiger partial charge in [0.2, 0.25) is 9.84 Å². The molecule has 1 aliphatic rings. The van der Waals surface area contributed by atoms with Crippen molar-refractivity contribution in [3.05, 3.63) is 48.4 Å². The van der Waals surface area contributed by atoms with E-state index in [0.29, 0.717) is 22.6 Å². The number of hydrogen-bond donors (Lipinski definition) is 2. The fourth-order valence-corrected chi connectivity index (χ4v) is 4.15. The monoisotopic (exact) mass is 340 g/mol. The van der Waals surface area contributed by atoms with Crippen LogP contribution >= 0.6 is 0 Å². The zero-order valence-electron chi connectivity index (χ0n) is 12.8. The Bertz CT molecular complexity index is 1040. The molecule has 6 nitrogen and oxygen atoms in total. The van der Waals surface area contributed by atoms with Gasteiger partial charge >= 0.3 is 0 Å². The molecule has 1 aromatic carbocycles. The van der Waals surface area contributed by atoms with Crippen LogP contribution in [0.25, 0.3) is 17.1 Å². The minimum absolute atomic E-state index is 0.00664. The van der Waals surface area contributed by atoms with E-state index in [-0.39, 0.29) is 15.6 Å². The summed E-state index contributed by atoms with van der Waals surface area (Å²) >= 11 is 0. The fraction of sp³-hybridized carbons (Fsp3) is 0.176. The van der Waals surface area contributed by atoms with Crippen molar-refractivity contribution < 1.29 is 8.42 Å². The highest BCUT2D eigenvalue weighted by molar-refractivity contribution is 7.92. The van der Waals surface area contributed by atoms with E-state index in [9.17, 15) is 8.42 Å². The van der Waals surface area contributed by atoms with Gasteiger partial charge in [-0.3, -0.25) is 0 Å². The molecule has 4 rings (SSSR count). The topological polar surface area (TPSA) is 102 Å². The van der Waals surface area contributed by atoms with Crippen LogP contribution in [0, 0.1) is 5.92 Å². The largest absolute Gasteiger partial charge is 0.384 e. The number of fused-ring (bicyclic) bond motifs is 1. The highest BCUT2D eigenvalue weighted by atomic mass is 32.2. The Morgan fingerprint density at radius 2 is 1.92 bits per heavy atom. The first-order valence-corrected chi connectivity index (χ1v) is 9.16. The maximum absolute atomic E-state index is 12.9. The summed E-state index contributed by atoms with van der Waals surface area (Å²) < 4.78 is 25.9. The van der Waals surface area contributed by atoms with E-state index in [4.69, 9.17) is 5.73 Å². The second-order valence-corrected chi connectivity index (χ2v) is 7.75. The second kappa shape index (κ2) is 5.45. The van der Waals surface area contributed by atoms with Crippen LogP contribution in [0.3, 0.4) is 0 Å². The Balaban J connectivity index is 1.90. The smallest absolute Gasteiger partial charge is 0.212 e. The molecule has 0 unspecified atom stereocenters. The molecule has 0 radical (unpaired) electrons. The number of aromatic nitrogens is 3. The van der Waals surface area contributed by atoms with Crippen LogP contribution in [0.1, 0.15) is 18.5 Å². The van der Waals surface area contributed by atoms with E-state index in [1.54, 1.807) is 30.3 Å². The Morgan fingerprint density at radius 1 is 1.17 bits per heavy atom. The number of nitrogen functional groups attached to an aromatic ring is 1. The number of anilines is 1. The quantitative estimate of drug-likeness (QED) is 0.760. The summed E-state index contributed by atoms with van der Waals surface area (Å²) in [5, 5.41) is 0. The molecular formula is C17H16N4O2S. The SMILES string of the molecule is Nc1[nH]c2c(/C=C/C3CC3)ncnc2c1S(=O)(=O)c1ccccc1. The third-order valence-corrected chi connectivity index (χ3v) is 5.91. The third kappa shape index (κ3) is 2.46. The molecule has 3 N–H and O–H groups in total. The number of hydrogen-bond acceptors (Lipinski definition) is 5. The molecular weight excluding hydrogens is 324 g/mol. The minimum Gasteiger partial charge on any atom is -0.384 e. The number of aromatic amines is 1. The summed E-state index contributed by atoms with van der Waals surface area (Å²) in [7, 11) is -3.76. The number of allylic oxidation sites excluding steroid dienone is 1. The third-order valence-electron chi connectivity index (χ3n) is 4.07. The van der Waals surface area contributed by atoms with Crippen molar-refractivity contribution in [3.8, 4) is 0 Å². The van der Waals surface area contributed by atoms with Crippen molar-refractivity contribution in [2.45, 2.75) is 22.6 Å². The lowest BCUT2D eigenvalue weighted by Gasteiger charge is -2.03. The van der Waals surface area contributed by atoms with Crippen molar-refractivity contribution in [2.75, 3.05) is 5.73 Å². The molecule has 0 amide bonds. The molecule has 7 heteroatoms. The van der Waals surface area contributed by atoms with Crippen molar-refractivity contribution in [3.63, 3.8) is 0 Å². The highest BCUT2D eigenvalue weighted by Gasteiger charge is 2.27. The maximum atomic E-state index is 12.9. The predicted octanol–water partition coefficient (Wildman–Crippen LogP) is 2.80. The molecule has 2 heterocycles. The summed E-state index contributed by atoms with van der Waals surface area (Å²) in [5.74, 6) is 0.672. The van der Waals surface area contributed by atoms with E-state index in [0.717, 1.165) is 0 Å². The predicted molar refractivity (Wildman–Crippen MR) is 92.0 cm³/mol. The zero-order valence-corrected chi connectivity index (χ0v) is 13.6. The van der Waals surface area contributed by atoms with Crippen LogP contribution < -0.4 is 5.73 Å². The average Bonchev–Trinajstić information content (AvgIpc) is 3.34. The van der Waals surface area contributed by atoms with Gasteiger partial charge in [0.25, 0.3) is 0 Å². The van der Waals surface area contributed by atoms with Gasteiger partial charge < -0.3 is 10.7 Å². The van der Waals surface area contributed by atoms with Gasteiger partial charge in [-0.15, -0.1) is 0 Å². The van der Waals surface area contributed by atoms with Crippen LogP contribution in [-0.4, -0.2) is 23.4 Å². The van der Waals surface area contributed by atoms with E-state index < -0.39 is 9.84 Å². The van der Waals surface area contributed by atoms with Crippen molar-refractivity contribution in [1.82, 2.24) is 15.0 Å². The number of nitrogens with zero attached hydrogens (tertiary/aromatic N) is 2. The number of nitrogens with two attached hydrogens (primary N) is 1. The summed E-state index contributed by atoms with van der Waals surface area (Å²) in [6.45, 7) is 0. The number of H-pyrrole nitrogens is 1. The Kier molecular flexibility index (Phi) is 3.38. The lowest BCUT2D eigenvalue weighted by molar-refractivity contribution is 0.597. The van der Waals surface area contributed by atoms with Gasteiger partial charge in [-0.2, -0.15) is 0 Å². The fourth-order valence-electron chi connectivity index (χ4n) is 2.65. The van der Waals surface area contributed by atoms with Crippen molar-refractivity contribution in [2.24, 2.45) is 5.92 Å². The second-order valence-electron chi connectivity index (χ2n) is 5.86. The van der Waals surface area contributed by atoms with Crippen molar-refractivity contribution >= 4 is 32.8 Å². The van der Waals surface area contributed by atoms with Crippen LogP contribution in [-0.2, 0) is 9.84 Å². The Labute approximate surface area is 139 Å². The molecule has 0 bridgehead atoms. The van der Waals surface area contributed by atoms with Gasteiger partial charge in [-0.1, -0.05) is 24.3 Å². The van der Waals surface area contributed by atoms with Gasteiger partial charge in [-0.25, -0.2) is 18.4 Å².